The molecule has 1 aromatic carbocycles. The molecule has 2 bridgehead atoms. The van der Waals surface area contributed by atoms with Crippen molar-refractivity contribution in [3.8, 4) is 0 Å². The summed E-state index contributed by atoms with van der Waals surface area (Å²) in [6.45, 7) is 3.87. The average Bonchev–Trinajstić information content (AvgIpc) is 3.61. The third-order valence-corrected chi connectivity index (χ3v) is 13.0. The molecule has 0 radical (unpaired) electrons. The fraction of sp³-hybridized carbons (Fsp3) is 0.629. The van der Waals surface area contributed by atoms with Gasteiger partial charge in [0.2, 0.25) is 11.8 Å². The van der Waals surface area contributed by atoms with E-state index in [1.165, 1.54) is 18.9 Å². The maximum Gasteiger partial charge on any atom is 0.418 e. The highest BCUT2D eigenvalue weighted by atomic mass is 35.5. The molecule has 5 aliphatic heterocycles. The molecule has 4 fully saturated rings. The summed E-state index contributed by atoms with van der Waals surface area (Å²) in [5, 5.41) is 4.67. The Labute approximate surface area is 299 Å². The van der Waals surface area contributed by atoms with E-state index in [4.69, 9.17) is 17.3 Å². The SMILES string of the molecule is CN1C2CCC1CC(N1CCN(C(=O)[C@H](CC(=O)N3CCC(N4Cc5sccc5NC4=O)CC3)Cc3cc(Cl)c(N)c(C(F)(F)F)c3)CC1)C2. The number of piperidine rings is 2. The largest absolute Gasteiger partial charge is 0.418 e. The molecule has 0 spiro atoms. The molecule has 4 amide bonds. The molecule has 6 heterocycles. The Morgan fingerprint density at radius 2 is 1.66 bits per heavy atom. The van der Waals surface area contributed by atoms with E-state index in [9.17, 15) is 27.6 Å². The van der Waals surface area contributed by atoms with E-state index in [1.807, 2.05) is 16.3 Å². The summed E-state index contributed by atoms with van der Waals surface area (Å²) >= 11 is 7.76. The summed E-state index contributed by atoms with van der Waals surface area (Å²) in [6, 6.07) is 5.76. The number of hydrogen-bond donors (Lipinski definition) is 2. The first-order chi connectivity index (χ1) is 23.9. The first-order valence-electron chi connectivity index (χ1n) is 17.7. The second-order valence-electron chi connectivity index (χ2n) is 14.6. The number of nitrogens with one attached hydrogen (secondary N) is 1. The number of nitrogens with zero attached hydrogens (tertiary/aromatic N) is 5. The number of alkyl halides is 3. The van der Waals surface area contributed by atoms with Gasteiger partial charge in [-0.05, 0) is 81.1 Å². The van der Waals surface area contributed by atoms with Crippen LogP contribution in [0.5, 0.6) is 0 Å². The zero-order valence-electron chi connectivity index (χ0n) is 28.3. The standard InChI is InChI=1S/C35H45ClF3N7O3S/c1-42-24-2-3-25(42)19-26(18-24)43-9-11-45(12-10-43)33(48)22(14-21-15-27(35(37,38)39)32(40)28(36)16-21)17-31(47)44-7-4-23(5-8-44)46-20-30-29(6-13-50-30)41-34(46)49/h6,13,15-16,22-26H,2-5,7-12,14,17-20,40H2,1H3,(H,41,49)/t22-,24?,25?,26?/m0/s1. The van der Waals surface area contributed by atoms with Gasteiger partial charge in [-0.3, -0.25) is 14.5 Å². The van der Waals surface area contributed by atoms with Crippen LogP contribution in [0.2, 0.25) is 5.02 Å². The van der Waals surface area contributed by atoms with Gasteiger partial charge >= 0.3 is 12.2 Å². The summed E-state index contributed by atoms with van der Waals surface area (Å²) in [4.78, 5) is 52.2. The number of nitrogen functional groups attached to an aromatic ring is 1. The Bertz CT molecular complexity index is 1590. The predicted octanol–water partition coefficient (Wildman–Crippen LogP) is 5.36. The monoisotopic (exact) mass is 735 g/mol. The number of anilines is 2. The van der Waals surface area contributed by atoms with Crippen LogP contribution in [0.3, 0.4) is 0 Å². The Hall–Kier alpha value is -3.07. The van der Waals surface area contributed by atoms with Crippen molar-refractivity contribution >= 4 is 52.2 Å². The van der Waals surface area contributed by atoms with Gasteiger partial charge < -0.3 is 30.7 Å². The van der Waals surface area contributed by atoms with Crippen molar-refractivity contribution in [3.05, 3.63) is 44.6 Å². The van der Waals surface area contributed by atoms with Gasteiger partial charge in [-0.15, -0.1) is 11.3 Å². The van der Waals surface area contributed by atoms with Crippen LogP contribution in [0.25, 0.3) is 0 Å². The molecule has 1 aromatic heterocycles. The Morgan fingerprint density at radius 3 is 2.32 bits per heavy atom. The van der Waals surface area contributed by atoms with Crippen LogP contribution in [-0.4, -0.2) is 113 Å². The molecule has 15 heteroatoms. The molecular formula is C35H45ClF3N7O3S. The predicted molar refractivity (Wildman–Crippen MR) is 187 cm³/mol. The van der Waals surface area contributed by atoms with Gasteiger partial charge in [0, 0.05) is 74.7 Å². The number of urea groups is 1. The zero-order valence-corrected chi connectivity index (χ0v) is 29.8. The number of halogens is 4. The normalized spacial score (nSPS) is 25.8. The number of likely N-dealkylation sites (tertiary alicyclic amines) is 1. The lowest BCUT2D eigenvalue weighted by molar-refractivity contribution is -0.143. The molecular weight excluding hydrogens is 691 g/mol. The van der Waals surface area contributed by atoms with E-state index in [0.29, 0.717) is 63.7 Å². The van der Waals surface area contributed by atoms with Crippen molar-refractivity contribution in [1.82, 2.24) is 24.5 Å². The van der Waals surface area contributed by atoms with Crippen molar-refractivity contribution in [2.75, 3.05) is 57.4 Å². The number of thiophene rings is 1. The molecule has 0 aliphatic carbocycles. The number of benzene rings is 1. The Kier molecular flexibility index (Phi) is 10.0. The van der Waals surface area contributed by atoms with Crippen molar-refractivity contribution in [3.63, 3.8) is 0 Å². The zero-order chi connectivity index (χ0) is 35.3. The average molecular weight is 736 g/mol. The smallest absolute Gasteiger partial charge is 0.397 e. The summed E-state index contributed by atoms with van der Waals surface area (Å²) in [7, 11) is 2.22. The fourth-order valence-electron chi connectivity index (χ4n) is 8.85. The van der Waals surface area contributed by atoms with E-state index in [2.05, 4.69) is 22.2 Å². The highest BCUT2D eigenvalue weighted by Gasteiger charge is 2.42. The van der Waals surface area contributed by atoms with Crippen molar-refractivity contribution < 1.29 is 27.6 Å². The quantitative estimate of drug-likeness (QED) is 0.372. The third kappa shape index (κ3) is 7.18. The number of carbonyl (C=O) groups is 3. The summed E-state index contributed by atoms with van der Waals surface area (Å²) < 4.78 is 41.5. The molecule has 3 N–H and O–H groups in total. The number of amides is 4. The van der Waals surface area contributed by atoms with Crippen LogP contribution < -0.4 is 11.1 Å². The minimum absolute atomic E-state index is 0.0273. The van der Waals surface area contributed by atoms with Crippen molar-refractivity contribution in [2.45, 2.75) is 88.3 Å². The van der Waals surface area contributed by atoms with Gasteiger partial charge in [0.15, 0.2) is 0 Å². The molecule has 2 aromatic rings. The highest BCUT2D eigenvalue weighted by Crippen LogP contribution is 2.39. The topological polar surface area (TPSA) is 105 Å². The van der Waals surface area contributed by atoms with Crippen LogP contribution in [0, 0.1) is 5.92 Å². The highest BCUT2D eigenvalue weighted by molar-refractivity contribution is 7.10. The number of carbonyl (C=O) groups excluding carboxylic acids is 3. The molecule has 5 aliphatic rings. The number of piperazine rings is 1. The van der Waals surface area contributed by atoms with E-state index < -0.39 is 23.3 Å². The lowest BCUT2D eigenvalue weighted by Crippen LogP contribution is -2.56. The number of rotatable bonds is 7. The van der Waals surface area contributed by atoms with Crippen LogP contribution in [0.4, 0.5) is 29.3 Å². The Balaban J connectivity index is 1.02. The molecule has 50 heavy (non-hydrogen) atoms. The number of nitrogens with two attached hydrogens (primary N) is 1. The van der Waals surface area contributed by atoms with Gasteiger partial charge in [-0.2, -0.15) is 13.2 Å². The maximum atomic E-state index is 14.2. The van der Waals surface area contributed by atoms with Crippen LogP contribution in [0.1, 0.15) is 60.9 Å². The van der Waals surface area contributed by atoms with Gasteiger partial charge in [0.25, 0.3) is 0 Å². The molecule has 3 atom stereocenters. The lowest BCUT2D eigenvalue weighted by atomic mass is 9.91. The molecule has 4 saturated heterocycles. The maximum absolute atomic E-state index is 14.2. The van der Waals surface area contributed by atoms with E-state index in [1.54, 1.807) is 21.1 Å². The minimum atomic E-state index is -4.72. The molecule has 0 saturated carbocycles. The summed E-state index contributed by atoms with van der Waals surface area (Å²) in [6.07, 6.45) is 1.01. The van der Waals surface area contributed by atoms with Crippen molar-refractivity contribution in [1.29, 1.82) is 0 Å². The van der Waals surface area contributed by atoms with Gasteiger partial charge in [-0.1, -0.05) is 11.6 Å². The first kappa shape index (κ1) is 35.3. The molecule has 10 nitrogen and oxygen atoms in total. The van der Waals surface area contributed by atoms with E-state index in [-0.39, 0.29) is 47.3 Å². The van der Waals surface area contributed by atoms with E-state index >= 15 is 0 Å². The lowest BCUT2D eigenvalue weighted by Gasteiger charge is -2.45. The number of fused-ring (bicyclic) bond motifs is 3. The van der Waals surface area contributed by atoms with Gasteiger partial charge in [-0.25, -0.2) is 4.79 Å². The van der Waals surface area contributed by atoms with Crippen LogP contribution in [0.15, 0.2) is 23.6 Å². The van der Waals surface area contributed by atoms with Crippen LogP contribution >= 0.6 is 22.9 Å². The molecule has 2 unspecified atom stereocenters. The van der Waals surface area contributed by atoms with E-state index in [0.717, 1.165) is 42.6 Å². The fourth-order valence-corrected chi connectivity index (χ4v) is 9.92. The Morgan fingerprint density at radius 1 is 0.980 bits per heavy atom. The first-order valence-corrected chi connectivity index (χ1v) is 18.9. The number of hydrogen-bond acceptors (Lipinski definition) is 7. The minimum Gasteiger partial charge on any atom is -0.397 e. The third-order valence-electron chi connectivity index (χ3n) is 11.8. The van der Waals surface area contributed by atoms with Gasteiger partial charge in [0.05, 0.1) is 34.4 Å². The second kappa shape index (κ2) is 14.2. The second-order valence-corrected chi connectivity index (χ2v) is 16.0. The molecule has 272 valence electrons. The van der Waals surface area contributed by atoms with Crippen LogP contribution in [-0.2, 0) is 28.7 Å². The summed E-state index contributed by atoms with van der Waals surface area (Å²) in [5.74, 6) is -1.31. The van der Waals surface area contributed by atoms with Crippen molar-refractivity contribution in [2.24, 2.45) is 5.92 Å². The summed E-state index contributed by atoms with van der Waals surface area (Å²) in [5.41, 5.74) is 5.16. The molecule has 7 rings (SSSR count). The van der Waals surface area contributed by atoms with Gasteiger partial charge in [0.1, 0.15) is 0 Å².